The number of hydrogen-bond donors (Lipinski definition) is 2. The van der Waals surface area contributed by atoms with Crippen LogP contribution < -0.4 is 5.32 Å². The van der Waals surface area contributed by atoms with Crippen molar-refractivity contribution in [2.24, 2.45) is 0 Å². The van der Waals surface area contributed by atoms with Crippen LogP contribution in [0.15, 0.2) is 36.4 Å². The van der Waals surface area contributed by atoms with E-state index < -0.39 is 23.4 Å². The molecule has 0 bridgehead atoms. The Hall–Kier alpha value is -2.81. The summed E-state index contributed by atoms with van der Waals surface area (Å²) in [5.74, 6) is -1.43. The lowest BCUT2D eigenvalue weighted by atomic mass is 9.83. The minimum Gasteiger partial charge on any atom is -0.385 e. The molecule has 2 fully saturated rings. The number of benzene rings is 2. The first-order valence-electron chi connectivity index (χ1n) is 11.4. The number of rotatable bonds is 4. The van der Waals surface area contributed by atoms with Gasteiger partial charge < -0.3 is 10.0 Å². The number of halogens is 2. The molecule has 1 unspecified atom stereocenters. The van der Waals surface area contributed by atoms with Crippen LogP contribution in [0.4, 0.5) is 4.39 Å². The molecular weight excluding hydrogens is 461 g/mol. The number of hydrogen-bond acceptors (Lipinski definition) is 5. The molecule has 1 atom stereocenters. The minimum absolute atomic E-state index is 0.132. The van der Waals surface area contributed by atoms with Crippen molar-refractivity contribution in [2.45, 2.75) is 50.4 Å². The SMILES string of the molecule is O=C1CCC(N2Cc3cc(C4(O)CCN(Cc5cccc(F)c5Cl)CC4)ccc3C2=O)C(=O)N1. The lowest BCUT2D eigenvalue weighted by Gasteiger charge is -2.38. The average Bonchev–Trinajstić information content (AvgIpc) is 3.14. The van der Waals surface area contributed by atoms with E-state index in [9.17, 15) is 23.9 Å². The summed E-state index contributed by atoms with van der Waals surface area (Å²) in [5.41, 5.74) is 1.72. The zero-order valence-electron chi connectivity index (χ0n) is 18.5. The van der Waals surface area contributed by atoms with Crippen molar-refractivity contribution in [1.29, 1.82) is 0 Å². The second kappa shape index (κ2) is 8.76. The summed E-state index contributed by atoms with van der Waals surface area (Å²) in [6.45, 7) is 2.00. The molecule has 2 aromatic rings. The van der Waals surface area contributed by atoms with Gasteiger partial charge in [-0.25, -0.2) is 4.39 Å². The molecule has 34 heavy (non-hydrogen) atoms. The van der Waals surface area contributed by atoms with Crippen molar-refractivity contribution in [3.63, 3.8) is 0 Å². The van der Waals surface area contributed by atoms with Crippen LogP contribution >= 0.6 is 11.6 Å². The topological polar surface area (TPSA) is 90.0 Å². The molecule has 0 spiro atoms. The Morgan fingerprint density at radius 3 is 2.65 bits per heavy atom. The molecule has 9 heteroatoms. The van der Waals surface area contributed by atoms with E-state index in [1.807, 2.05) is 6.07 Å². The number of piperidine rings is 2. The maximum atomic E-state index is 13.7. The van der Waals surface area contributed by atoms with Gasteiger partial charge in [0.15, 0.2) is 0 Å². The van der Waals surface area contributed by atoms with E-state index in [-0.39, 0.29) is 29.8 Å². The van der Waals surface area contributed by atoms with Crippen LogP contribution in [-0.2, 0) is 28.3 Å². The predicted molar refractivity (Wildman–Crippen MR) is 122 cm³/mol. The van der Waals surface area contributed by atoms with Crippen molar-refractivity contribution in [1.82, 2.24) is 15.1 Å². The Balaban J connectivity index is 1.27. The number of nitrogens with zero attached hydrogens (tertiary/aromatic N) is 2. The highest BCUT2D eigenvalue weighted by molar-refractivity contribution is 6.31. The van der Waals surface area contributed by atoms with Crippen LogP contribution in [0.25, 0.3) is 0 Å². The molecule has 0 saturated carbocycles. The number of nitrogens with one attached hydrogen (secondary N) is 1. The van der Waals surface area contributed by atoms with Crippen LogP contribution in [0.3, 0.4) is 0 Å². The standard InChI is InChI=1S/C25H25ClFN3O4/c26-22-15(2-1-3-19(22)27)13-29-10-8-25(34,9-11-29)17-4-5-18-16(12-17)14-30(24(18)33)20-6-7-21(31)28-23(20)32/h1-5,12,20,34H,6-11,13-14H2,(H,28,31,32). The summed E-state index contributed by atoms with van der Waals surface area (Å²) in [7, 11) is 0. The lowest BCUT2D eigenvalue weighted by molar-refractivity contribution is -0.136. The van der Waals surface area contributed by atoms with Gasteiger partial charge in [-0.15, -0.1) is 0 Å². The Bertz CT molecular complexity index is 1180. The van der Waals surface area contributed by atoms with Crippen LogP contribution in [-0.4, -0.2) is 51.8 Å². The highest BCUT2D eigenvalue weighted by Gasteiger charge is 2.40. The van der Waals surface area contributed by atoms with Crippen LogP contribution in [0.5, 0.6) is 0 Å². The number of likely N-dealkylation sites (tertiary alicyclic amines) is 1. The normalized spacial score (nSPS) is 22.6. The molecule has 0 aromatic heterocycles. The van der Waals surface area contributed by atoms with Gasteiger partial charge in [0.25, 0.3) is 5.91 Å². The van der Waals surface area contributed by atoms with E-state index in [0.29, 0.717) is 44.5 Å². The van der Waals surface area contributed by atoms with Gasteiger partial charge in [0, 0.05) is 38.2 Å². The van der Waals surface area contributed by atoms with Crippen molar-refractivity contribution in [2.75, 3.05) is 13.1 Å². The predicted octanol–water partition coefficient (Wildman–Crippen LogP) is 2.72. The monoisotopic (exact) mass is 485 g/mol. The zero-order valence-corrected chi connectivity index (χ0v) is 19.3. The van der Waals surface area contributed by atoms with Gasteiger partial charge in [0.05, 0.1) is 10.6 Å². The molecule has 3 aliphatic rings. The molecular formula is C25H25ClFN3O4. The molecule has 7 nitrogen and oxygen atoms in total. The third-order valence-electron chi connectivity index (χ3n) is 7.17. The fraction of sp³-hybridized carbons (Fsp3) is 0.400. The van der Waals surface area contributed by atoms with Crippen molar-refractivity contribution < 1.29 is 23.9 Å². The minimum atomic E-state index is -1.04. The largest absolute Gasteiger partial charge is 0.385 e. The first-order valence-corrected chi connectivity index (χ1v) is 11.8. The smallest absolute Gasteiger partial charge is 0.255 e. The maximum Gasteiger partial charge on any atom is 0.255 e. The molecule has 2 N–H and O–H groups in total. The van der Waals surface area contributed by atoms with Crippen LogP contribution in [0, 0.1) is 5.82 Å². The quantitative estimate of drug-likeness (QED) is 0.650. The van der Waals surface area contributed by atoms with Crippen LogP contribution in [0.1, 0.15) is 52.7 Å². The molecule has 2 aromatic carbocycles. The molecule has 178 valence electrons. The second-order valence-corrected chi connectivity index (χ2v) is 9.67. The van der Waals surface area contributed by atoms with Gasteiger partial charge >= 0.3 is 0 Å². The first kappa shape index (κ1) is 23.0. The van der Waals surface area contributed by atoms with Gasteiger partial charge in [-0.1, -0.05) is 35.9 Å². The van der Waals surface area contributed by atoms with Crippen molar-refractivity contribution in [3.05, 3.63) is 69.5 Å². The molecule has 2 saturated heterocycles. The summed E-state index contributed by atoms with van der Waals surface area (Å²) in [5, 5.41) is 13.8. The molecule has 0 aliphatic carbocycles. The van der Waals surface area contributed by atoms with E-state index in [0.717, 1.165) is 16.7 Å². The fourth-order valence-corrected chi connectivity index (χ4v) is 5.33. The van der Waals surface area contributed by atoms with Gasteiger partial charge in [0.2, 0.25) is 11.8 Å². The maximum absolute atomic E-state index is 13.7. The number of amides is 3. The van der Waals surface area contributed by atoms with Gasteiger partial charge in [-0.3, -0.25) is 24.6 Å². The summed E-state index contributed by atoms with van der Waals surface area (Å²) < 4.78 is 13.7. The highest BCUT2D eigenvalue weighted by atomic mass is 35.5. The van der Waals surface area contributed by atoms with E-state index in [2.05, 4.69) is 10.2 Å². The summed E-state index contributed by atoms with van der Waals surface area (Å²) in [4.78, 5) is 40.3. The fourth-order valence-electron chi connectivity index (χ4n) is 5.15. The first-order chi connectivity index (χ1) is 16.2. The average molecular weight is 486 g/mol. The molecule has 5 rings (SSSR count). The van der Waals surface area contributed by atoms with E-state index >= 15 is 0 Å². The molecule has 3 heterocycles. The molecule has 3 aliphatic heterocycles. The van der Waals surface area contributed by atoms with Gasteiger partial charge in [-0.05, 0) is 48.1 Å². The highest BCUT2D eigenvalue weighted by Crippen LogP contribution is 2.37. The van der Waals surface area contributed by atoms with E-state index in [1.165, 1.54) is 11.0 Å². The third-order valence-corrected chi connectivity index (χ3v) is 7.59. The summed E-state index contributed by atoms with van der Waals surface area (Å²) in [6.07, 6.45) is 1.50. The van der Waals surface area contributed by atoms with Crippen molar-refractivity contribution >= 4 is 29.3 Å². The molecule has 3 amide bonds. The third kappa shape index (κ3) is 4.10. The lowest BCUT2D eigenvalue weighted by Crippen LogP contribution is -2.52. The van der Waals surface area contributed by atoms with Gasteiger partial charge in [0.1, 0.15) is 11.9 Å². The van der Waals surface area contributed by atoms with Crippen LogP contribution in [0.2, 0.25) is 5.02 Å². The Labute approximate surface area is 201 Å². The van der Waals surface area contributed by atoms with Crippen molar-refractivity contribution in [3.8, 4) is 0 Å². The zero-order chi connectivity index (χ0) is 24.0. The number of carbonyl (C=O) groups is 3. The Kier molecular flexibility index (Phi) is 5.91. The number of aliphatic hydroxyl groups is 1. The number of carbonyl (C=O) groups excluding carboxylic acids is 3. The van der Waals surface area contributed by atoms with Gasteiger partial charge in [-0.2, -0.15) is 0 Å². The Morgan fingerprint density at radius 1 is 1.15 bits per heavy atom. The number of imide groups is 1. The summed E-state index contributed by atoms with van der Waals surface area (Å²) in [6, 6.07) is 9.47. The van der Waals surface area contributed by atoms with E-state index in [1.54, 1.807) is 24.3 Å². The Morgan fingerprint density at radius 2 is 1.91 bits per heavy atom. The second-order valence-electron chi connectivity index (χ2n) is 9.29. The molecule has 0 radical (unpaired) electrons. The number of fused-ring (bicyclic) bond motifs is 1. The summed E-state index contributed by atoms with van der Waals surface area (Å²) >= 11 is 6.09. The van der Waals surface area contributed by atoms with E-state index in [4.69, 9.17) is 11.6 Å².